The Hall–Kier alpha value is -1.29. The quantitative estimate of drug-likeness (QED) is 0.810. The van der Waals surface area contributed by atoms with Crippen LogP contribution in [0, 0.1) is 19.8 Å². The first-order valence-corrected chi connectivity index (χ1v) is 8.08. The molecule has 2 rings (SSSR count). The third-order valence-corrected chi connectivity index (χ3v) is 4.43. The second-order valence-electron chi connectivity index (χ2n) is 6.21. The normalized spacial score (nSPS) is 17.1. The Kier molecular flexibility index (Phi) is 5.85. The Morgan fingerprint density at radius 2 is 2.14 bits per heavy atom. The van der Waals surface area contributed by atoms with Crippen molar-refractivity contribution in [3.63, 3.8) is 0 Å². The van der Waals surface area contributed by atoms with Crippen molar-refractivity contribution in [3.8, 4) is 0 Å². The summed E-state index contributed by atoms with van der Waals surface area (Å²) in [5.41, 5.74) is 0.827. The predicted molar refractivity (Wildman–Crippen MR) is 82.0 cm³/mol. The zero-order valence-corrected chi connectivity index (χ0v) is 13.2. The molecule has 1 saturated carbocycles. The monoisotopic (exact) mass is 293 g/mol. The zero-order valence-electron chi connectivity index (χ0n) is 13.2. The molecule has 1 aliphatic carbocycles. The third-order valence-electron chi connectivity index (χ3n) is 4.43. The van der Waals surface area contributed by atoms with E-state index in [2.05, 4.69) is 5.32 Å². The van der Waals surface area contributed by atoms with Crippen molar-refractivity contribution in [2.75, 3.05) is 6.54 Å². The Bertz CT molecular complexity index is 461. The molecule has 1 aliphatic rings. The number of carbonyl (C=O) groups excluding carboxylic acids is 1. The fourth-order valence-electron chi connectivity index (χ4n) is 3.21. The van der Waals surface area contributed by atoms with E-state index < -0.39 is 6.10 Å². The molecule has 118 valence electrons. The van der Waals surface area contributed by atoms with Gasteiger partial charge in [0.25, 0.3) is 0 Å². The molecular formula is C17H27NO3. The van der Waals surface area contributed by atoms with Crippen LogP contribution >= 0.6 is 0 Å². The van der Waals surface area contributed by atoms with Crippen molar-refractivity contribution in [2.24, 2.45) is 5.92 Å². The molecule has 0 bridgehead atoms. The van der Waals surface area contributed by atoms with Gasteiger partial charge in [0.2, 0.25) is 5.91 Å². The maximum atomic E-state index is 11.8. The van der Waals surface area contributed by atoms with E-state index in [1.165, 1.54) is 25.7 Å². The zero-order chi connectivity index (χ0) is 15.2. The third kappa shape index (κ3) is 4.88. The lowest BCUT2D eigenvalue weighted by molar-refractivity contribution is -0.121. The van der Waals surface area contributed by atoms with E-state index in [-0.39, 0.29) is 5.91 Å². The molecule has 0 spiro atoms. The van der Waals surface area contributed by atoms with E-state index in [9.17, 15) is 9.90 Å². The van der Waals surface area contributed by atoms with E-state index in [0.717, 1.165) is 29.4 Å². The second-order valence-corrected chi connectivity index (χ2v) is 6.21. The highest BCUT2D eigenvalue weighted by molar-refractivity contribution is 5.75. The SMILES string of the molecule is Cc1cc(C(O)CCNC(=O)CCC2CCCC2)c(C)o1. The summed E-state index contributed by atoms with van der Waals surface area (Å²) >= 11 is 0. The molecule has 1 fully saturated rings. The number of furan rings is 1. The molecule has 1 amide bonds. The first-order valence-electron chi connectivity index (χ1n) is 8.08. The minimum absolute atomic E-state index is 0.106. The van der Waals surface area contributed by atoms with Gasteiger partial charge in [0.15, 0.2) is 0 Å². The first-order chi connectivity index (χ1) is 10.1. The number of carbonyl (C=O) groups is 1. The van der Waals surface area contributed by atoms with Crippen LogP contribution in [0.25, 0.3) is 0 Å². The van der Waals surface area contributed by atoms with Crippen LogP contribution < -0.4 is 5.32 Å². The van der Waals surface area contributed by atoms with Crippen LogP contribution in [0.2, 0.25) is 0 Å². The number of aryl methyl sites for hydroxylation is 2. The van der Waals surface area contributed by atoms with Gasteiger partial charge >= 0.3 is 0 Å². The van der Waals surface area contributed by atoms with Gasteiger partial charge in [-0.05, 0) is 38.7 Å². The molecule has 1 heterocycles. The van der Waals surface area contributed by atoms with Crippen LogP contribution in [0.4, 0.5) is 0 Å². The highest BCUT2D eigenvalue weighted by atomic mass is 16.3. The van der Waals surface area contributed by atoms with E-state index >= 15 is 0 Å². The lowest BCUT2D eigenvalue weighted by Gasteiger charge is -2.12. The molecule has 4 heteroatoms. The van der Waals surface area contributed by atoms with Gasteiger partial charge < -0.3 is 14.8 Å². The predicted octanol–water partition coefficient (Wildman–Crippen LogP) is 3.41. The van der Waals surface area contributed by atoms with Crippen LogP contribution in [0.1, 0.15) is 68.1 Å². The lowest BCUT2D eigenvalue weighted by atomic mass is 10.0. The summed E-state index contributed by atoms with van der Waals surface area (Å²) in [5, 5.41) is 13.0. The number of hydrogen-bond acceptors (Lipinski definition) is 3. The highest BCUT2D eigenvalue weighted by Gasteiger charge is 2.17. The van der Waals surface area contributed by atoms with Crippen molar-refractivity contribution in [1.82, 2.24) is 5.32 Å². The van der Waals surface area contributed by atoms with Gasteiger partial charge in [-0.1, -0.05) is 25.7 Å². The number of aliphatic hydroxyl groups is 1. The number of rotatable bonds is 7. The van der Waals surface area contributed by atoms with Crippen molar-refractivity contribution >= 4 is 5.91 Å². The van der Waals surface area contributed by atoms with Gasteiger partial charge in [-0.25, -0.2) is 0 Å². The maximum absolute atomic E-state index is 11.8. The molecule has 0 aromatic carbocycles. The van der Waals surface area contributed by atoms with E-state index in [4.69, 9.17) is 4.42 Å². The molecule has 1 aromatic heterocycles. The largest absolute Gasteiger partial charge is 0.466 e. The maximum Gasteiger partial charge on any atom is 0.220 e. The van der Waals surface area contributed by atoms with Gasteiger partial charge in [0.1, 0.15) is 11.5 Å². The molecule has 0 radical (unpaired) electrons. The summed E-state index contributed by atoms with van der Waals surface area (Å²) in [7, 11) is 0. The van der Waals surface area contributed by atoms with Gasteiger partial charge in [0, 0.05) is 18.5 Å². The van der Waals surface area contributed by atoms with Crippen molar-refractivity contribution < 1.29 is 14.3 Å². The Balaban J connectivity index is 1.64. The summed E-state index contributed by atoms with van der Waals surface area (Å²) in [4.78, 5) is 11.8. The molecule has 1 aromatic rings. The van der Waals surface area contributed by atoms with Crippen LogP contribution in [0.15, 0.2) is 10.5 Å². The number of aliphatic hydroxyl groups excluding tert-OH is 1. The standard InChI is InChI=1S/C17H27NO3/c1-12-11-15(13(2)21-12)16(19)9-10-18-17(20)8-7-14-5-3-4-6-14/h11,14,16,19H,3-10H2,1-2H3,(H,18,20). The number of nitrogens with one attached hydrogen (secondary N) is 1. The molecule has 21 heavy (non-hydrogen) atoms. The summed E-state index contributed by atoms with van der Waals surface area (Å²) in [6.07, 6.45) is 6.78. The Morgan fingerprint density at radius 3 is 2.76 bits per heavy atom. The Labute approximate surface area is 126 Å². The van der Waals surface area contributed by atoms with E-state index in [1.807, 2.05) is 19.9 Å². The molecule has 0 saturated heterocycles. The average Bonchev–Trinajstić information content (AvgIpc) is 3.05. The minimum atomic E-state index is -0.572. The minimum Gasteiger partial charge on any atom is -0.466 e. The molecular weight excluding hydrogens is 266 g/mol. The van der Waals surface area contributed by atoms with Gasteiger partial charge in [-0.3, -0.25) is 4.79 Å². The highest BCUT2D eigenvalue weighted by Crippen LogP contribution is 2.28. The summed E-state index contributed by atoms with van der Waals surface area (Å²) in [6, 6.07) is 1.86. The van der Waals surface area contributed by atoms with E-state index in [1.54, 1.807) is 0 Å². The van der Waals surface area contributed by atoms with Gasteiger partial charge in [-0.15, -0.1) is 0 Å². The fourth-order valence-corrected chi connectivity index (χ4v) is 3.21. The molecule has 4 nitrogen and oxygen atoms in total. The topological polar surface area (TPSA) is 62.5 Å². The number of hydrogen-bond donors (Lipinski definition) is 2. The molecule has 1 atom stereocenters. The number of amides is 1. The van der Waals surface area contributed by atoms with Gasteiger partial charge in [-0.2, -0.15) is 0 Å². The summed E-state index contributed by atoms with van der Waals surface area (Å²) in [6.45, 7) is 4.23. The van der Waals surface area contributed by atoms with Gasteiger partial charge in [0.05, 0.1) is 6.10 Å². The smallest absolute Gasteiger partial charge is 0.220 e. The van der Waals surface area contributed by atoms with Crippen LogP contribution in [-0.2, 0) is 4.79 Å². The molecule has 0 aliphatic heterocycles. The van der Waals surface area contributed by atoms with Crippen LogP contribution in [-0.4, -0.2) is 17.6 Å². The van der Waals surface area contributed by atoms with Crippen molar-refractivity contribution in [1.29, 1.82) is 0 Å². The average molecular weight is 293 g/mol. The Morgan fingerprint density at radius 1 is 1.43 bits per heavy atom. The second kappa shape index (κ2) is 7.64. The van der Waals surface area contributed by atoms with Crippen molar-refractivity contribution in [2.45, 2.75) is 64.9 Å². The van der Waals surface area contributed by atoms with Crippen molar-refractivity contribution in [3.05, 3.63) is 23.2 Å². The van der Waals surface area contributed by atoms with E-state index in [0.29, 0.717) is 19.4 Å². The summed E-state index contributed by atoms with van der Waals surface area (Å²) < 4.78 is 5.41. The van der Waals surface area contributed by atoms with Crippen LogP contribution in [0.5, 0.6) is 0 Å². The van der Waals surface area contributed by atoms with Crippen LogP contribution in [0.3, 0.4) is 0 Å². The molecule has 2 N–H and O–H groups in total. The fraction of sp³-hybridized carbons (Fsp3) is 0.706. The summed E-state index contributed by atoms with van der Waals surface area (Å²) in [5.74, 6) is 2.42. The molecule has 1 unspecified atom stereocenters. The lowest BCUT2D eigenvalue weighted by Crippen LogP contribution is -2.25. The first kappa shape index (κ1) is 16.1.